The lowest BCUT2D eigenvalue weighted by molar-refractivity contribution is 0.102. The fraction of sp³-hybridized carbons (Fsp3) is 0.286. The first-order chi connectivity index (χ1) is 14.0. The van der Waals surface area contributed by atoms with Crippen LogP contribution in [-0.2, 0) is 13.5 Å². The molecule has 1 aromatic heterocycles. The molecular weight excluding hydrogens is 390 g/mol. The van der Waals surface area contributed by atoms with Crippen LogP contribution in [0.1, 0.15) is 21.7 Å². The average Bonchev–Trinajstić information content (AvgIpc) is 3.11. The molecule has 2 aromatic carbocycles. The Morgan fingerprint density at radius 1 is 0.966 bits per heavy atom. The third-order valence-corrected chi connectivity index (χ3v) is 5.50. The van der Waals surface area contributed by atoms with Crippen LogP contribution >= 0.6 is 11.8 Å². The molecule has 0 amide bonds. The van der Waals surface area contributed by atoms with Crippen molar-refractivity contribution in [2.75, 3.05) is 27.1 Å². The van der Waals surface area contributed by atoms with E-state index in [4.69, 9.17) is 14.2 Å². The molecule has 152 valence electrons. The average molecular weight is 413 g/mol. The topological polar surface area (TPSA) is 75.5 Å². The number of ketones is 1. The summed E-state index contributed by atoms with van der Waals surface area (Å²) < 4.78 is 17.6. The van der Waals surface area contributed by atoms with Gasteiger partial charge in [-0.1, -0.05) is 23.9 Å². The number of rotatable bonds is 9. The molecule has 0 bridgehead atoms. The van der Waals surface area contributed by atoms with Crippen molar-refractivity contribution in [3.05, 3.63) is 59.4 Å². The number of ether oxygens (including phenoxy) is 3. The van der Waals surface area contributed by atoms with Gasteiger partial charge in [0.25, 0.3) is 0 Å². The van der Waals surface area contributed by atoms with Gasteiger partial charge in [-0.2, -0.15) is 0 Å². The van der Waals surface area contributed by atoms with Crippen molar-refractivity contribution in [1.29, 1.82) is 0 Å². The lowest BCUT2D eigenvalue weighted by Gasteiger charge is -2.09. The van der Waals surface area contributed by atoms with E-state index in [2.05, 4.69) is 10.2 Å². The Balaban J connectivity index is 1.64. The van der Waals surface area contributed by atoms with E-state index >= 15 is 0 Å². The van der Waals surface area contributed by atoms with Gasteiger partial charge >= 0.3 is 0 Å². The van der Waals surface area contributed by atoms with E-state index in [0.717, 1.165) is 17.1 Å². The van der Waals surface area contributed by atoms with E-state index in [9.17, 15) is 4.79 Å². The minimum absolute atomic E-state index is 0.0179. The molecule has 0 unspecified atom stereocenters. The molecule has 3 rings (SSSR count). The summed E-state index contributed by atoms with van der Waals surface area (Å²) in [5.74, 6) is 3.00. The maximum atomic E-state index is 12.6. The molecular formula is C21H23N3O4S. The molecule has 0 aliphatic rings. The Kier molecular flexibility index (Phi) is 6.77. The number of Topliss-reactive ketones (excluding diaryl/α,β-unsaturated/α-hetero) is 1. The lowest BCUT2D eigenvalue weighted by Crippen LogP contribution is -2.05. The third-order valence-electron chi connectivity index (χ3n) is 4.48. The van der Waals surface area contributed by atoms with Crippen molar-refractivity contribution in [2.45, 2.75) is 11.6 Å². The standard InChI is InChI=1S/C21H23N3O4S/c1-24-20(11-14-5-8-16(26-2)9-6-14)22-23-21(24)29-13-17(25)15-7-10-18(27-3)19(12-15)28-4/h5-10,12H,11,13H2,1-4H3. The first-order valence-electron chi connectivity index (χ1n) is 8.95. The Bertz CT molecular complexity index is 986. The van der Waals surface area contributed by atoms with Gasteiger partial charge in [-0.15, -0.1) is 10.2 Å². The highest BCUT2D eigenvalue weighted by molar-refractivity contribution is 7.99. The minimum atomic E-state index is -0.0179. The van der Waals surface area contributed by atoms with Crippen molar-refractivity contribution >= 4 is 17.5 Å². The van der Waals surface area contributed by atoms with E-state index in [1.54, 1.807) is 39.5 Å². The van der Waals surface area contributed by atoms with Gasteiger partial charge in [-0.3, -0.25) is 4.79 Å². The number of aromatic nitrogens is 3. The highest BCUT2D eigenvalue weighted by atomic mass is 32.2. The zero-order valence-electron chi connectivity index (χ0n) is 16.8. The predicted molar refractivity (Wildman–Crippen MR) is 111 cm³/mol. The van der Waals surface area contributed by atoms with E-state index in [1.165, 1.54) is 11.8 Å². The number of benzene rings is 2. The van der Waals surface area contributed by atoms with Crippen LogP contribution in [0.5, 0.6) is 17.2 Å². The van der Waals surface area contributed by atoms with E-state index < -0.39 is 0 Å². The summed E-state index contributed by atoms with van der Waals surface area (Å²) in [7, 11) is 6.66. The molecule has 0 atom stereocenters. The maximum absolute atomic E-state index is 12.6. The molecule has 29 heavy (non-hydrogen) atoms. The molecule has 0 saturated carbocycles. The second-order valence-corrected chi connectivity index (χ2v) is 7.21. The molecule has 0 radical (unpaired) electrons. The lowest BCUT2D eigenvalue weighted by atomic mass is 10.1. The Morgan fingerprint density at radius 3 is 2.34 bits per heavy atom. The highest BCUT2D eigenvalue weighted by Gasteiger charge is 2.15. The van der Waals surface area contributed by atoms with E-state index in [-0.39, 0.29) is 11.5 Å². The summed E-state index contributed by atoms with van der Waals surface area (Å²) in [5, 5.41) is 9.19. The van der Waals surface area contributed by atoms with Crippen LogP contribution < -0.4 is 14.2 Å². The molecule has 3 aromatic rings. The summed E-state index contributed by atoms with van der Waals surface area (Å²) in [5.41, 5.74) is 1.68. The van der Waals surface area contributed by atoms with Gasteiger partial charge in [0.15, 0.2) is 22.4 Å². The Hall–Kier alpha value is -3.00. The van der Waals surface area contributed by atoms with Crippen LogP contribution in [0, 0.1) is 0 Å². The first-order valence-corrected chi connectivity index (χ1v) is 9.93. The number of thioether (sulfide) groups is 1. The second-order valence-electron chi connectivity index (χ2n) is 6.26. The Labute approximate surface area is 174 Å². The molecule has 0 saturated heterocycles. The molecule has 7 nitrogen and oxygen atoms in total. The fourth-order valence-electron chi connectivity index (χ4n) is 2.77. The van der Waals surface area contributed by atoms with Crippen LogP contribution in [-0.4, -0.2) is 47.6 Å². The van der Waals surface area contributed by atoms with Crippen LogP contribution in [0.4, 0.5) is 0 Å². The van der Waals surface area contributed by atoms with Gasteiger partial charge in [0.1, 0.15) is 11.6 Å². The maximum Gasteiger partial charge on any atom is 0.191 e. The number of methoxy groups -OCH3 is 3. The van der Waals surface area contributed by atoms with Crippen LogP contribution in [0.25, 0.3) is 0 Å². The third kappa shape index (κ3) is 4.89. The van der Waals surface area contributed by atoms with Crippen molar-refractivity contribution in [1.82, 2.24) is 14.8 Å². The minimum Gasteiger partial charge on any atom is -0.497 e. The molecule has 0 fully saturated rings. The van der Waals surface area contributed by atoms with Gasteiger partial charge < -0.3 is 18.8 Å². The number of carbonyl (C=O) groups is 1. The number of nitrogens with zero attached hydrogens (tertiary/aromatic N) is 3. The summed E-state index contributed by atoms with van der Waals surface area (Å²) in [6, 6.07) is 13.0. The number of carbonyl (C=O) groups excluding carboxylic acids is 1. The van der Waals surface area contributed by atoms with Crippen LogP contribution in [0.2, 0.25) is 0 Å². The molecule has 0 aliphatic carbocycles. The predicted octanol–water partition coefficient (Wildman–Crippen LogP) is 3.41. The zero-order valence-corrected chi connectivity index (χ0v) is 17.7. The second kappa shape index (κ2) is 9.47. The number of hydrogen-bond acceptors (Lipinski definition) is 7. The SMILES string of the molecule is COc1ccc(Cc2nnc(SCC(=O)c3ccc(OC)c(OC)c3)n2C)cc1. The smallest absolute Gasteiger partial charge is 0.191 e. The molecule has 0 spiro atoms. The molecule has 1 heterocycles. The molecule has 8 heteroatoms. The van der Waals surface area contributed by atoms with Crippen LogP contribution in [0.3, 0.4) is 0 Å². The zero-order chi connectivity index (χ0) is 20.8. The fourth-order valence-corrected chi connectivity index (χ4v) is 3.60. The van der Waals surface area contributed by atoms with Gasteiger partial charge in [0, 0.05) is 19.0 Å². The Morgan fingerprint density at radius 2 is 1.69 bits per heavy atom. The number of hydrogen-bond donors (Lipinski definition) is 0. The van der Waals surface area contributed by atoms with Crippen molar-refractivity contribution in [3.8, 4) is 17.2 Å². The normalized spacial score (nSPS) is 10.6. The quantitative estimate of drug-likeness (QED) is 0.393. The van der Waals surface area contributed by atoms with Gasteiger partial charge in [0.2, 0.25) is 0 Å². The van der Waals surface area contributed by atoms with Crippen LogP contribution in [0.15, 0.2) is 47.6 Å². The summed E-state index contributed by atoms with van der Waals surface area (Å²) in [4.78, 5) is 12.6. The largest absolute Gasteiger partial charge is 0.497 e. The molecule has 0 aliphatic heterocycles. The summed E-state index contributed by atoms with van der Waals surface area (Å²) in [6.07, 6.45) is 0.650. The van der Waals surface area contributed by atoms with Gasteiger partial charge in [-0.25, -0.2) is 0 Å². The van der Waals surface area contributed by atoms with E-state index in [1.807, 2.05) is 35.9 Å². The monoisotopic (exact) mass is 413 g/mol. The summed E-state index contributed by atoms with van der Waals surface area (Å²) >= 11 is 1.36. The highest BCUT2D eigenvalue weighted by Crippen LogP contribution is 2.28. The van der Waals surface area contributed by atoms with E-state index in [0.29, 0.717) is 28.6 Å². The van der Waals surface area contributed by atoms with Crippen molar-refractivity contribution < 1.29 is 19.0 Å². The van der Waals surface area contributed by atoms with Gasteiger partial charge in [-0.05, 0) is 35.9 Å². The first kappa shape index (κ1) is 20.7. The van der Waals surface area contributed by atoms with Crippen molar-refractivity contribution in [3.63, 3.8) is 0 Å². The molecule has 0 N–H and O–H groups in total. The van der Waals surface area contributed by atoms with Gasteiger partial charge in [0.05, 0.1) is 27.1 Å². The van der Waals surface area contributed by atoms with Crippen molar-refractivity contribution in [2.24, 2.45) is 7.05 Å². The summed E-state index contributed by atoms with van der Waals surface area (Å²) in [6.45, 7) is 0.